The molecule has 0 radical (unpaired) electrons. The Balaban J connectivity index is 1.49. The summed E-state index contributed by atoms with van der Waals surface area (Å²) in [6, 6.07) is 6.77. The third-order valence-electron chi connectivity index (χ3n) is 5.19. The first-order valence-corrected chi connectivity index (χ1v) is 11.5. The lowest BCUT2D eigenvalue weighted by atomic mass is 10.3. The lowest BCUT2D eigenvalue weighted by Crippen LogP contribution is -2.49. The zero-order chi connectivity index (χ0) is 21.3. The Morgan fingerprint density at radius 2 is 1.67 bits per heavy atom. The second-order valence-corrected chi connectivity index (χ2v) is 9.51. The molecule has 2 aromatic rings. The molecule has 2 aliphatic rings. The van der Waals surface area contributed by atoms with Crippen LogP contribution in [-0.4, -0.2) is 76.2 Å². The molecule has 0 N–H and O–H groups in total. The summed E-state index contributed by atoms with van der Waals surface area (Å²) in [6.45, 7) is 4.84. The molecule has 0 unspecified atom stereocenters. The van der Waals surface area contributed by atoms with E-state index >= 15 is 0 Å². The van der Waals surface area contributed by atoms with E-state index in [4.69, 9.17) is 9.47 Å². The van der Waals surface area contributed by atoms with Crippen LogP contribution in [0.15, 0.2) is 29.2 Å². The number of fused-ring (bicyclic) bond motifs is 1. The van der Waals surface area contributed by atoms with E-state index in [2.05, 4.69) is 14.9 Å². The molecule has 0 bridgehead atoms. The van der Waals surface area contributed by atoms with Crippen molar-refractivity contribution in [3.05, 3.63) is 30.1 Å². The van der Waals surface area contributed by atoms with Gasteiger partial charge in [-0.3, -0.25) is 0 Å². The van der Waals surface area contributed by atoms with E-state index in [1.165, 1.54) is 4.31 Å². The predicted molar refractivity (Wildman–Crippen MR) is 114 cm³/mol. The number of sulfonamides is 1. The lowest BCUT2D eigenvalue weighted by molar-refractivity contribution is 0.296. The van der Waals surface area contributed by atoms with Crippen molar-refractivity contribution in [3.63, 3.8) is 0 Å². The molecule has 9 nitrogen and oxygen atoms in total. The van der Waals surface area contributed by atoms with Gasteiger partial charge in [-0.05, 0) is 19.1 Å². The molecule has 1 aromatic heterocycles. The van der Waals surface area contributed by atoms with Gasteiger partial charge in [-0.2, -0.15) is 4.31 Å². The van der Waals surface area contributed by atoms with Crippen LogP contribution in [-0.2, 0) is 10.0 Å². The van der Waals surface area contributed by atoms with Gasteiger partial charge in [0.25, 0.3) is 0 Å². The summed E-state index contributed by atoms with van der Waals surface area (Å²) < 4.78 is 39.1. The number of benzene rings is 1. The third kappa shape index (κ3) is 4.15. The molecule has 4 rings (SSSR count). The molecule has 10 heteroatoms. The second kappa shape index (κ2) is 8.27. The number of nitrogens with zero attached hydrogens (tertiary/aromatic N) is 5. The summed E-state index contributed by atoms with van der Waals surface area (Å²) in [4.78, 5) is 13.2. The number of ether oxygens (including phenoxy) is 2. The van der Waals surface area contributed by atoms with Gasteiger partial charge in [-0.1, -0.05) is 0 Å². The molecule has 0 amide bonds. The number of rotatable bonds is 4. The second-order valence-electron chi connectivity index (χ2n) is 7.58. The zero-order valence-corrected chi connectivity index (χ0v) is 18.4. The highest BCUT2D eigenvalue weighted by Crippen LogP contribution is 2.33. The normalized spacial score (nSPS) is 17.5. The van der Waals surface area contributed by atoms with Gasteiger partial charge in [0.2, 0.25) is 10.0 Å². The minimum atomic E-state index is -3.61. The van der Waals surface area contributed by atoms with E-state index in [0.29, 0.717) is 56.7 Å². The van der Waals surface area contributed by atoms with E-state index in [-0.39, 0.29) is 4.90 Å². The van der Waals surface area contributed by atoms with Crippen LogP contribution in [0.3, 0.4) is 0 Å². The molecule has 1 saturated heterocycles. The minimum Gasteiger partial charge on any atom is -0.490 e. The van der Waals surface area contributed by atoms with Gasteiger partial charge >= 0.3 is 0 Å². The first-order chi connectivity index (χ1) is 14.3. The Morgan fingerprint density at radius 1 is 0.967 bits per heavy atom. The van der Waals surface area contributed by atoms with Gasteiger partial charge < -0.3 is 19.3 Å². The molecule has 0 atom stereocenters. The number of aryl methyl sites for hydroxylation is 1. The molecule has 0 saturated carbocycles. The molecule has 0 aliphatic carbocycles. The van der Waals surface area contributed by atoms with Gasteiger partial charge in [0.15, 0.2) is 11.5 Å². The van der Waals surface area contributed by atoms with E-state index in [9.17, 15) is 8.42 Å². The summed E-state index contributed by atoms with van der Waals surface area (Å²) in [5.74, 6) is 3.42. The number of aromatic nitrogens is 2. The Kier molecular flexibility index (Phi) is 5.70. The van der Waals surface area contributed by atoms with Crippen LogP contribution >= 0.6 is 0 Å². The van der Waals surface area contributed by atoms with Gasteiger partial charge in [0.05, 0.1) is 18.1 Å². The van der Waals surface area contributed by atoms with Crippen LogP contribution in [0.25, 0.3) is 0 Å². The highest BCUT2D eigenvalue weighted by atomic mass is 32.2. The fourth-order valence-corrected chi connectivity index (χ4v) is 4.98. The smallest absolute Gasteiger partial charge is 0.243 e. The van der Waals surface area contributed by atoms with Crippen molar-refractivity contribution in [1.82, 2.24) is 14.3 Å². The fraction of sp³-hybridized carbons (Fsp3) is 0.500. The highest BCUT2D eigenvalue weighted by Gasteiger charge is 2.30. The Labute approximate surface area is 177 Å². The molecular formula is C20H27N5O4S. The molecule has 2 aliphatic heterocycles. The quantitative estimate of drug-likeness (QED) is 0.717. The molecule has 3 heterocycles. The maximum Gasteiger partial charge on any atom is 0.243 e. The highest BCUT2D eigenvalue weighted by molar-refractivity contribution is 7.89. The first kappa shape index (κ1) is 20.7. The lowest BCUT2D eigenvalue weighted by Gasteiger charge is -2.35. The van der Waals surface area contributed by atoms with Crippen LogP contribution in [0.4, 0.5) is 11.6 Å². The van der Waals surface area contributed by atoms with Crippen LogP contribution in [0.5, 0.6) is 11.5 Å². The SMILES string of the molecule is Cc1nc(N(C)C)cc(N2CCN(S(=O)(=O)c3ccc4c(c3)OCCCO4)CC2)n1. The van der Waals surface area contributed by atoms with Crippen molar-refractivity contribution in [1.29, 1.82) is 0 Å². The van der Waals surface area contributed by atoms with E-state index in [1.807, 2.05) is 32.0 Å². The molecule has 162 valence electrons. The summed E-state index contributed by atoms with van der Waals surface area (Å²) in [6.07, 6.45) is 0.775. The third-order valence-corrected chi connectivity index (χ3v) is 7.08. The molecule has 30 heavy (non-hydrogen) atoms. The average molecular weight is 434 g/mol. The maximum atomic E-state index is 13.2. The van der Waals surface area contributed by atoms with Crippen LogP contribution in [0.1, 0.15) is 12.2 Å². The summed E-state index contributed by atoms with van der Waals surface area (Å²) in [5, 5.41) is 0. The van der Waals surface area contributed by atoms with Crippen molar-refractivity contribution in [2.45, 2.75) is 18.2 Å². The predicted octanol–water partition coefficient (Wildman–Crippen LogP) is 1.52. The Bertz CT molecular complexity index is 1020. The van der Waals surface area contributed by atoms with Crippen molar-refractivity contribution >= 4 is 21.7 Å². The van der Waals surface area contributed by atoms with Crippen LogP contribution in [0, 0.1) is 6.92 Å². The summed E-state index contributed by atoms with van der Waals surface area (Å²) in [5.41, 5.74) is 0. The number of hydrogen-bond donors (Lipinski definition) is 0. The summed E-state index contributed by atoms with van der Waals surface area (Å²) >= 11 is 0. The molecule has 1 fully saturated rings. The Hall–Kier alpha value is -2.59. The number of piperazine rings is 1. The first-order valence-electron chi connectivity index (χ1n) is 10.0. The van der Waals surface area contributed by atoms with E-state index in [1.54, 1.807) is 18.2 Å². The van der Waals surface area contributed by atoms with E-state index in [0.717, 1.165) is 18.1 Å². The van der Waals surface area contributed by atoms with Crippen LogP contribution < -0.4 is 19.3 Å². The van der Waals surface area contributed by atoms with Gasteiger partial charge in [0, 0.05) is 58.8 Å². The average Bonchev–Trinajstić information content (AvgIpc) is 2.98. The largest absolute Gasteiger partial charge is 0.490 e. The van der Waals surface area contributed by atoms with Gasteiger partial charge in [0.1, 0.15) is 17.5 Å². The van der Waals surface area contributed by atoms with Crippen molar-refractivity contribution in [2.75, 3.05) is 63.3 Å². The van der Waals surface area contributed by atoms with E-state index < -0.39 is 10.0 Å². The molecule has 1 aromatic carbocycles. The minimum absolute atomic E-state index is 0.230. The zero-order valence-electron chi connectivity index (χ0n) is 17.5. The molecular weight excluding hydrogens is 406 g/mol. The van der Waals surface area contributed by atoms with Gasteiger partial charge in [-0.25, -0.2) is 18.4 Å². The van der Waals surface area contributed by atoms with Crippen molar-refractivity contribution in [3.8, 4) is 11.5 Å². The topological polar surface area (TPSA) is 88.1 Å². The number of hydrogen-bond acceptors (Lipinski definition) is 8. The van der Waals surface area contributed by atoms with Crippen LogP contribution in [0.2, 0.25) is 0 Å². The number of anilines is 2. The van der Waals surface area contributed by atoms with Crippen molar-refractivity contribution < 1.29 is 17.9 Å². The maximum absolute atomic E-state index is 13.2. The molecule has 0 spiro atoms. The standard InChI is InChI=1S/C20H27N5O4S/c1-15-21-19(23(2)3)14-20(22-15)24-7-9-25(10-8-24)30(26,27)16-5-6-17-18(13-16)29-12-4-11-28-17/h5-6,13-14H,4,7-12H2,1-3H3. The summed E-state index contributed by atoms with van der Waals surface area (Å²) in [7, 11) is 0.259. The van der Waals surface area contributed by atoms with Crippen molar-refractivity contribution in [2.24, 2.45) is 0 Å². The monoisotopic (exact) mass is 433 g/mol. The Morgan fingerprint density at radius 3 is 2.37 bits per heavy atom. The fourth-order valence-electron chi connectivity index (χ4n) is 3.54. The van der Waals surface area contributed by atoms with Gasteiger partial charge in [-0.15, -0.1) is 0 Å².